The molecule has 0 aliphatic heterocycles. The van der Waals surface area contributed by atoms with Crippen molar-refractivity contribution in [2.75, 3.05) is 11.9 Å². The molecule has 0 bridgehead atoms. The SMILES string of the molecule is C[C@H](Nc1cccnc1C(=O)OCC1c2ccccc2-c2ccccc21)C(=O)O. The first-order valence-electron chi connectivity index (χ1n) is 9.36. The summed E-state index contributed by atoms with van der Waals surface area (Å²) in [7, 11) is 0. The summed E-state index contributed by atoms with van der Waals surface area (Å²) in [5, 5.41) is 11.9. The minimum atomic E-state index is -1.02. The molecule has 6 heteroatoms. The first-order chi connectivity index (χ1) is 14.1. The molecule has 0 unspecified atom stereocenters. The van der Waals surface area contributed by atoms with Crippen molar-refractivity contribution in [1.29, 1.82) is 0 Å². The van der Waals surface area contributed by atoms with Crippen LogP contribution in [0.5, 0.6) is 0 Å². The van der Waals surface area contributed by atoms with E-state index in [0.29, 0.717) is 5.69 Å². The Kier molecular flexibility index (Phi) is 4.99. The van der Waals surface area contributed by atoms with Crippen molar-refractivity contribution in [3.8, 4) is 11.1 Å². The second kappa shape index (κ2) is 7.75. The maximum atomic E-state index is 12.7. The number of nitrogens with zero attached hydrogens (tertiary/aromatic N) is 1. The van der Waals surface area contributed by atoms with Crippen molar-refractivity contribution in [3.63, 3.8) is 0 Å². The molecule has 0 amide bonds. The molecule has 2 N–H and O–H groups in total. The maximum absolute atomic E-state index is 12.7. The zero-order chi connectivity index (χ0) is 20.4. The highest BCUT2D eigenvalue weighted by Crippen LogP contribution is 2.44. The average Bonchev–Trinajstić information content (AvgIpc) is 3.06. The van der Waals surface area contributed by atoms with Crippen molar-refractivity contribution in [1.82, 2.24) is 4.98 Å². The lowest BCUT2D eigenvalue weighted by molar-refractivity contribution is -0.137. The van der Waals surface area contributed by atoms with Gasteiger partial charge in [-0.15, -0.1) is 0 Å². The largest absolute Gasteiger partial charge is 0.480 e. The van der Waals surface area contributed by atoms with Crippen LogP contribution < -0.4 is 5.32 Å². The highest BCUT2D eigenvalue weighted by atomic mass is 16.5. The summed E-state index contributed by atoms with van der Waals surface area (Å²) < 4.78 is 5.62. The molecule has 3 aromatic rings. The van der Waals surface area contributed by atoms with Gasteiger partial charge in [-0.05, 0) is 41.3 Å². The van der Waals surface area contributed by atoms with Gasteiger partial charge in [0.15, 0.2) is 5.69 Å². The van der Waals surface area contributed by atoms with Crippen LogP contribution in [0.3, 0.4) is 0 Å². The number of anilines is 1. The van der Waals surface area contributed by atoms with E-state index >= 15 is 0 Å². The molecular weight excluding hydrogens is 368 g/mol. The average molecular weight is 388 g/mol. The molecule has 1 aromatic heterocycles. The van der Waals surface area contributed by atoms with Crippen LogP contribution in [-0.4, -0.2) is 34.7 Å². The molecule has 4 rings (SSSR count). The van der Waals surface area contributed by atoms with E-state index in [1.807, 2.05) is 24.3 Å². The fourth-order valence-electron chi connectivity index (χ4n) is 3.65. The number of carboxylic acids is 1. The number of nitrogens with one attached hydrogen (secondary N) is 1. The third-order valence-electron chi connectivity index (χ3n) is 5.09. The monoisotopic (exact) mass is 388 g/mol. The van der Waals surface area contributed by atoms with Gasteiger partial charge in [-0.1, -0.05) is 48.5 Å². The number of pyridine rings is 1. The van der Waals surface area contributed by atoms with E-state index in [0.717, 1.165) is 22.3 Å². The van der Waals surface area contributed by atoms with Crippen LogP contribution in [0.15, 0.2) is 66.9 Å². The van der Waals surface area contributed by atoms with Crippen LogP contribution in [0, 0.1) is 0 Å². The second-order valence-electron chi connectivity index (χ2n) is 6.93. The first-order valence-corrected chi connectivity index (χ1v) is 9.36. The summed E-state index contributed by atoms with van der Waals surface area (Å²) in [6, 6.07) is 18.6. The Labute approximate surface area is 168 Å². The lowest BCUT2D eigenvalue weighted by atomic mass is 9.98. The summed E-state index contributed by atoms with van der Waals surface area (Å²) in [6.07, 6.45) is 1.48. The van der Waals surface area contributed by atoms with E-state index in [4.69, 9.17) is 9.84 Å². The Morgan fingerprint density at radius 1 is 1.03 bits per heavy atom. The number of carboxylic acid groups (broad SMARTS) is 1. The van der Waals surface area contributed by atoms with Crippen LogP contribution in [-0.2, 0) is 9.53 Å². The summed E-state index contributed by atoms with van der Waals surface area (Å²) in [4.78, 5) is 27.9. The zero-order valence-corrected chi connectivity index (χ0v) is 15.8. The number of aromatic nitrogens is 1. The Bertz CT molecular complexity index is 1030. The van der Waals surface area contributed by atoms with E-state index in [-0.39, 0.29) is 18.2 Å². The number of fused-ring (bicyclic) bond motifs is 3. The third-order valence-corrected chi connectivity index (χ3v) is 5.09. The molecule has 0 saturated heterocycles. The molecule has 0 fully saturated rings. The lowest BCUT2D eigenvalue weighted by Gasteiger charge is -2.16. The lowest BCUT2D eigenvalue weighted by Crippen LogP contribution is -2.27. The number of ether oxygens (including phenoxy) is 1. The van der Waals surface area contributed by atoms with Crippen molar-refractivity contribution >= 4 is 17.6 Å². The van der Waals surface area contributed by atoms with E-state index < -0.39 is 18.0 Å². The van der Waals surface area contributed by atoms with Gasteiger partial charge < -0.3 is 15.2 Å². The normalized spacial score (nSPS) is 13.3. The van der Waals surface area contributed by atoms with Gasteiger partial charge in [-0.25, -0.2) is 9.78 Å². The molecule has 29 heavy (non-hydrogen) atoms. The quantitative estimate of drug-likeness (QED) is 0.622. The molecule has 0 radical (unpaired) electrons. The van der Waals surface area contributed by atoms with Crippen molar-refractivity contribution < 1.29 is 19.4 Å². The first kappa shape index (κ1) is 18.7. The Morgan fingerprint density at radius 2 is 1.66 bits per heavy atom. The van der Waals surface area contributed by atoms with Gasteiger partial charge in [0.05, 0.1) is 5.69 Å². The summed E-state index contributed by atoms with van der Waals surface area (Å²) >= 11 is 0. The molecule has 0 spiro atoms. The number of aliphatic carboxylic acids is 1. The van der Waals surface area contributed by atoms with E-state index in [1.54, 1.807) is 12.1 Å². The smallest absolute Gasteiger partial charge is 0.359 e. The predicted molar refractivity (Wildman–Crippen MR) is 109 cm³/mol. The third kappa shape index (κ3) is 3.57. The molecule has 1 aliphatic rings. The Hall–Kier alpha value is -3.67. The van der Waals surface area contributed by atoms with Crippen LogP contribution in [0.25, 0.3) is 11.1 Å². The molecule has 6 nitrogen and oxygen atoms in total. The van der Waals surface area contributed by atoms with Crippen LogP contribution in [0.1, 0.15) is 34.5 Å². The molecule has 0 saturated carbocycles. The number of hydrogen-bond acceptors (Lipinski definition) is 5. The van der Waals surface area contributed by atoms with Crippen LogP contribution in [0.2, 0.25) is 0 Å². The number of benzene rings is 2. The second-order valence-corrected chi connectivity index (χ2v) is 6.93. The predicted octanol–water partition coefficient (Wildman–Crippen LogP) is 3.94. The number of carbonyl (C=O) groups is 2. The minimum Gasteiger partial charge on any atom is -0.480 e. The van der Waals surface area contributed by atoms with Crippen molar-refractivity contribution in [3.05, 3.63) is 83.7 Å². The molecule has 146 valence electrons. The van der Waals surface area contributed by atoms with Gasteiger partial charge in [0, 0.05) is 12.1 Å². The van der Waals surface area contributed by atoms with Gasteiger partial charge in [0.1, 0.15) is 12.6 Å². The summed E-state index contributed by atoms with van der Waals surface area (Å²) in [5.74, 6) is -1.66. The fraction of sp³-hybridized carbons (Fsp3) is 0.174. The molecule has 2 aromatic carbocycles. The van der Waals surface area contributed by atoms with Crippen molar-refractivity contribution in [2.45, 2.75) is 18.9 Å². The molecular formula is C23H20N2O4. The van der Waals surface area contributed by atoms with E-state index in [9.17, 15) is 9.59 Å². The van der Waals surface area contributed by atoms with E-state index in [2.05, 4.69) is 34.6 Å². The van der Waals surface area contributed by atoms with E-state index in [1.165, 1.54) is 13.1 Å². The van der Waals surface area contributed by atoms with Crippen LogP contribution in [0.4, 0.5) is 5.69 Å². The number of carbonyl (C=O) groups excluding carboxylic acids is 1. The molecule has 1 atom stereocenters. The van der Waals surface area contributed by atoms with Gasteiger partial charge in [-0.3, -0.25) is 4.79 Å². The zero-order valence-electron chi connectivity index (χ0n) is 15.8. The Balaban J connectivity index is 1.55. The highest BCUT2D eigenvalue weighted by molar-refractivity contribution is 5.94. The van der Waals surface area contributed by atoms with Gasteiger partial charge >= 0.3 is 11.9 Å². The maximum Gasteiger partial charge on any atom is 0.359 e. The minimum absolute atomic E-state index is 0.0515. The standard InChI is InChI=1S/C23H20N2O4/c1-14(22(26)27)25-20-11-6-12-24-21(20)23(28)29-13-19-17-9-4-2-7-15(17)16-8-3-5-10-18(16)19/h2-12,14,19,25H,13H2,1H3,(H,26,27)/t14-/m0/s1. The molecule has 1 heterocycles. The highest BCUT2D eigenvalue weighted by Gasteiger charge is 2.29. The van der Waals surface area contributed by atoms with Crippen molar-refractivity contribution in [2.24, 2.45) is 0 Å². The van der Waals surface area contributed by atoms with Gasteiger partial charge in [0.25, 0.3) is 0 Å². The fourth-order valence-corrected chi connectivity index (χ4v) is 3.65. The number of esters is 1. The Morgan fingerprint density at radius 3 is 2.28 bits per heavy atom. The number of rotatable bonds is 6. The van der Waals surface area contributed by atoms with Gasteiger partial charge in [-0.2, -0.15) is 0 Å². The van der Waals surface area contributed by atoms with Crippen LogP contribution >= 0.6 is 0 Å². The number of hydrogen-bond donors (Lipinski definition) is 2. The topological polar surface area (TPSA) is 88.5 Å². The van der Waals surface area contributed by atoms with Gasteiger partial charge in [0.2, 0.25) is 0 Å². The summed E-state index contributed by atoms with van der Waals surface area (Å²) in [5.41, 5.74) is 4.96. The molecule has 1 aliphatic carbocycles. The summed E-state index contributed by atoms with van der Waals surface area (Å²) in [6.45, 7) is 1.67.